The van der Waals surface area contributed by atoms with Crippen molar-refractivity contribution in [3.63, 3.8) is 0 Å². The fourth-order valence-electron chi connectivity index (χ4n) is 3.02. The summed E-state index contributed by atoms with van der Waals surface area (Å²) >= 11 is 0. The highest BCUT2D eigenvalue weighted by Gasteiger charge is 2.26. The van der Waals surface area contributed by atoms with Crippen LogP contribution in [0.15, 0.2) is 78.9 Å². The lowest BCUT2D eigenvalue weighted by atomic mass is 9.96. The predicted molar refractivity (Wildman–Crippen MR) is 110 cm³/mol. The molecule has 0 fully saturated rings. The van der Waals surface area contributed by atoms with Crippen LogP contribution in [0.1, 0.15) is 43.6 Å². The standard InChI is InChI=1S/C24H21NO3/c1-3-25(19-15-13-17(2)14-16-19)24(28)21-12-8-7-11-20(21)23(27)22(26)18-9-5-4-6-10-18/h4-16H,3H2,1-2H3. The highest BCUT2D eigenvalue weighted by Crippen LogP contribution is 2.21. The number of anilines is 1. The average Bonchev–Trinajstić information content (AvgIpc) is 2.75. The second-order valence-electron chi connectivity index (χ2n) is 6.45. The van der Waals surface area contributed by atoms with E-state index in [0.717, 1.165) is 11.3 Å². The predicted octanol–water partition coefficient (Wildman–Crippen LogP) is 4.73. The molecule has 0 unspecified atom stereocenters. The Morgan fingerprint density at radius 3 is 1.89 bits per heavy atom. The maximum absolute atomic E-state index is 13.2. The first-order valence-electron chi connectivity index (χ1n) is 9.14. The van der Waals surface area contributed by atoms with Gasteiger partial charge in [-0.15, -0.1) is 0 Å². The van der Waals surface area contributed by atoms with Gasteiger partial charge in [0.25, 0.3) is 5.91 Å². The summed E-state index contributed by atoms with van der Waals surface area (Å²) in [5.41, 5.74) is 2.48. The van der Waals surface area contributed by atoms with Crippen molar-refractivity contribution >= 4 is 23.2 Å². The number of carbonyl (C=O) groups is 3. The molecule has 0 aliphatic rings. The van der Waals surface area contributed by atoms with Crippen molar-refractivity contribution in [3.05, 3.63) is 101 Å². The molecule has 4 heteroatoms. The van der Waals surface area contributed by atoms with E-state index in [1.807, 2.05) is 38.1 Å². The third-order valence-electron chi connectivity index (χ3n) is 4.55. The number of nitrogens with zero attached hydrogens (tertiary/aromatic N) is 1. The first-order valence-corrected chi connectivity index (χ1v) is 9.14. The third kappa shape index (κ3) is 3.91. The number of carbonyl (C=O) groups excluding carboxylic acids is 3. The Morgan fingerprint density at radius 1 is 0.714 bits per heavy atom. The minimum absolute atomic E-state index is 0.118. The van der Waals surface area contributed by atoms with Crippen molar-refractivity contribution in [1.82, 2.24) is 0 Å². The molecular weight excluding hydrogens is 350 g/mol. The van der Waals surface area contributed by atoms with Gasteiger partial charge in [-0.1, -0.05) is 66.2 Å². The molecule has 0 aliphatic carbocycles. The van der Waals surface area contributed by atoms with Crippen LogP contribution in [0.4, 0.5) is 5.69 Å². The molecule has 0 saturated carbocycles. The van der Waals surface area contributed by atoms with Gasteiger partial charge in [-0.2, -0.15) is 0 Å². The molecule has 1 amide bonds. The topological polar surface area (TPSA) is 54.5 Å². The molecule has 140 valence electrons. The second-order valence-corrected chi connectivity index (χ2v) is 6.45. The monoisotopic (exact) mass is 371 g/mol. The lowest BCUT2D eigenvalue weighted by molar-refractivity contribution is 0.0814. The summed E-state index contributed by atoms with van der Waals surface area (Å²) in [5, 5.41) is 0. The van der Waals surface area contributed by atoms with Gasteiger partial charge in [-0.25, -0.2) is 0 Å². The van der Waals surface area contributed by atoms with E-state index in [-0.39, 0.29) is 17.0 Å². The van der Waals surface area contributed by atoms with E-state index < -0.39 is 11.6 Å². The third-order valence-corrected chi connectivity index (χ3v) is 4.55. The summed E-state index contributed by atoms with van der Waals surface area (Å²) in [7, 11) is 0. The molecule has 0 bridgehead atoms. The van der Waals surface area contributed by atoms with Gasteiger partial charge in [0.1, 0.15) is 0 Å². The van der Waals surface area contributed by atoms with Gasteiger partial charge in [-0.05, 0) is 32.0 Å². The Kier molecular flexibility index (Phi) is 5.80. The maximum Gasteiger partial charge on any atom is 0.259 e. The Hall–Kier alpha value is -3.53. The van der Waals surface area contributed by atoms with Crippen LogP contribution in [-0.4, -0.2) is 24.0 Å². The minimum Gasteiger partial charge on any atom is -0.309 e. The molecule has 0 saturated heterocycles. The lowest BCUT2D eigenvalue weighted by Crippen LogP contribution is -2.32. The molecule has 3 aromatic rings. The summed E-state index contributed by atoms with van der Waals surface area (Å²) in [6.07, 6.45) is 0. The quantitative estimate of drug-likeness (QED) is 0.465. The molecule has 3 rings (SSSR count). The number of amides is 1. The molecule has 0 radical (unpaired) electrons. The van der Waals surface area contributed by atoms with Crippen molar-refractivity contribution < 1.29 is 14.4 Å². The highest BCUT2D eigenvalue weighted by molar-refractivity contribution is 6.50. The zero-order valence-corrected chi connectivity index (χ0v) is 15.9. The summed E-state index contributed by atoms with van der Waals surface area (Å²) in [6.45, 7) is 4.29. The Balaban J connectivity index is 1.97. The number of aryl methyl sites for hydroxylation is 1. The first-order chi connectivity index (χ1) is 13.5. The minimum atomic E-state index is -0.685. The van der Waals surface area contributed by atoms with Crippen LogP contribution in [-0.2, 0) is 0 Å². The number of hydrogen-bond donors (Lipinski definition) is 0. The SMILES string of the molecule is CCN(C(=O)c1ccccc1C(=O)C(=O)c1ccccc1)c1ccc(C)cc1. The zero-order valence-electron chi connectivity index (χ0n) is 15.9. The molecule has 0 spiro atoms. The molecule has 0 aromatic heterocycles. The second kappa shape index (κ2) is 8.44. The molecule has 0 heterocycles. The van der Waals surface area contributed by atoms with Crippen LogP contribution >= 0.6 is 0 Å². The van der Waals surface area contributed by atoms with Crippen molar-refractivity contribution in [1.29, 1.82) is 0 Å². The van der Waals surface area contributed by atoms with Crippen molar-refractivity contribution in [2.45, 2.75) is 13.8 Å². The van der Waals surface area contributed by atoms with Gasteiger partial charge in [-0.3, -0.25) is 14.4 Å². The van der Waals surface area contributed by atoms with Gasteiger partial charge in [0.2, 0.25) is 11.6 Å². The van der Waals surface area contributed by atoms with E-state index in [2.05, 4.69) is 0 Å². The number of benzene rings is 3. The number of Topliss-reactive ketones (excluding diaryl/α,β-unsaturated/α-hetero) is 2. The first kappa shape index (κ1) is 19.2. The fraction of sp³-hybridized carbons (Fsp3) is 0.125. The summed E-state index contributed by atoms with van der Waals surface area (Å²) < 4.78 is 0. The lowest BCUT2D eigenvalue weighted by Gasteiger charge is -2.22. The van der Waals surface area contributed by atoms with Crippen molar-refractivity contribution in [2.24, 2.45) is 0 Å². The van der Waals surface area contributed by atoms with Gasteiger partial charge in [0.15, 0.2) is 0 Å². The molecule has 0 N–H and O–H groups in total. The fourth-order valence-corrected chi connectivity index (χ4v) is 3.02. The largest absolute Gasteiger partial charge is 0.309 e. The van der Waals surface area contributed by atoms with Crippen molar-refractivity contribution in [2.75, 3.05) is 11.4 Å². The van der Waals surface area contributed by atoms with Gasteiger partial charge >= 0.3 is 0 Å². The van der Waals surface area contributed by atoms with E-state index in [1.54, 1.807) is 53.4 Å². The zero-order chi connectivity index (χ0) is 20.1. The van der Waals surface area contributed by atoms with Crippen LogP contribution in [0.25, 0.3) is 0 Å². The summed E-state index contributed by atoms with van der Waals surface area (Å²) in [4.78, 5) is 40.2. The van der Waals surface area contributed by atoms with Crippen LogP contribution in [0.3, 0.4) is 0 Å². The van der Waals surface area contributed by atoms with Gasteiger partial charge in [0, 0.05) is 23.4 Å². The highest BCUT2D eigenvalue weighted by atomic mass is 16.2. The smallest absolute Gasteiger partial charge is 0.259 e. The van der Waals surface area contributed by atoms with Crippen LogP contribution in [0.5, 0.6) is 0 Å². The number of ketones is 2. The van der Waals surface area contributed by atoms with E-state index in [0.29, 0.717) is 12.1 Å². The van der Waals surface area contributed by atoms with Crippen molar-refractivity contribution in [3.8, 4) is 0 Å². The van der Waals surface area contributed by atoms with E-state index in [1.165, 1.54) is 6.07 Å². The number of hydrogen-bond acceptors (Lipinski definition) is 3. The van der Waals surface area contributed by atoms with Gasteiger partial charge < -0.3 is 4.90 Å². The van der Waals surface area contributed by atoms with Crippen LogP contribution in [0.2, 0.25) is 0 Å². The Bertz CT molecular complexity index is 1010. The van der Waals surface area contributed by atoms with Crippen LogP contribution in [0, 0.1) is 6.92 Å². The maximum atomic E-state index is 13.2. The molecule has 3 aromatic carbocycles. The Labute approximate surface area is 164 Å². The van der Waals surface area contributed by atoms with E-state index >= 15 is 0 Å². The Morgan fingerprint density at radius 2 is 1.29 bits per heavy atom. The van der Waals surface area contributed by atoms with E-state index in [9.17, 15) is 14.4 Å². The average molecular weight is 371 g/mol. The van der Waals surface area contributed by atoms with E-state index in [4.69, 9.17) is 0 Å². The summed E-state index contributed by atoms with van der Waals surface area (Å²) in [6, 6.07) is 22.4. The van der Waals surface area contributed by atoms with Crippen LogP contribution < -0.4 is 4.90 Å². The molecule has 4 nitrogen and oxygen atoms in total. The molecule has 28 heavy (non-hydrogen) atoms. The number of rotatable bonds is 6. The van der Waals surface area contributed by atoms with Gasteiger partial charge in [0.05, 0.1) is 5.56 Å². The summed E-state index contributed by atoms with van der Waals surface area (Å²) in [5.74, 6) is -1.62. The molecular formula is C24H21NO3. The molecule has 0 aliphatic heterocycles. The molecule has 0 atom stereocenters. The normalized spacial score (nSPS) is 10.4.